The molecule has 184 valence electrons. The molecule has 3 atom stereocenters. The molecule has 0 aromatic heterocycles. The first-order chi connectivity index (χ1) is 16.1. The molecule has 2 N–H and O–H groups in total. The minimum atomic E-state index is -0.297. The Morgan fingerprint density at radius 3 is 2.67 bits per heavy atom. The van der Waals surface area contributed by atoms with Gasteiger partial charge < -0.3 is 15.2 Å². The number of nitrogens with one attached hydrogen (secondary N) is 1. The highest BCUT2D eigenvalue weighted by Crippen LogP contribution is 2.38. The third kappa shape index (κ3) is 11.5. The number of esters is 1. The van der Waals surface area contributed by atoms with E-state index >= 15 is 0 Å². The third-order valence-corrected chi connectivity index (χ3v) is 6.64. The van der Waals surface area contributed by atoms with E-state index in [1.165, 1.54) is 24.8 Å². The molecule has 1 aliphatic carbocycles. The molecule has 0 aliphatic heterocycles. The molecule has 1 aromatic carbocycles. The Hall–Kier alpha value is -2.14. The van der Waals surface area contributed by atoms with E-state index in [9.17, 15) is 9.59 Å². The van der Waals surface area contributed by atoms with E-state index in [-0.39, 0.29) is 31.0 Å². The van der Waals surface area contributed by atoms with E-state index in [4.69, 9.17) is 9.84 Å². The van der Waals surface area contributed by atoms with Crippen molar-refractivity contribution in [3.05, 3.63) is 48.0 Å². The Balaban J connectivity index is 1.76. The van der Waals surface area contributed by atoms with Crippen molar-refractivity contribution < 1.29 is 19.4 Å². The first-order valence-electron chi connectivity index (χ1n) is 12.9. The van der Waals surface area contributed by atoms with Gasteiger partial charge in [0.1, 0.15) is 6.10 Å². The highest BCUT2D eigenvalue weighted by Gasteiger charge is 2.27. The topological polar surface area (TPSA) is 75.6 Å². The van der Waals surface area contributed by atoms with Crippen LogP contribution in [-0.4, -0.2) is 36.2 Å². The number of hydrogen-bond donors (Lipinski definition) is 2. The standard InChI is InChI=1S/C28H43NO4/c1-2-29-27(31)16-9-4-3-8-13-24-14-10-15-25(24)18-20-26(33-28(32)21-22-30)19-17-23-11-6-5-7-12-23/h3,5-8,11-12,24-26,30H,2,4,9-10,13-22H2,1H3,(H,29,31)/b8-3-/t24-,25+,26-/m0/s1. The molecule has 33 heavy (non-hydrogen) atoms. The smallest absolute Gasteiger partial charge is 0.308 e. The molecule has 0 unspecified atom stereocenters. The van der Waals surface area contributed by atoms with Crippen LogP contribution in [0.4, 0.5) is 0 Å². The largest absolute Gasteiger partial charge is 0.462 e. The third-order valence-electron chi connectivity index (χ3n) is 6.64. The fraction of sp³-hybridized carbons (Fsp3) is 0.643. The Bertz CT molecular complexity index is 703. The predicted molar refractivity (Wildman–Crippen MR) is 133 cm³/mol. The van der Waals surface area contributed by atoms with Crippen LogP contribution in [0.5, 0.6) is 0 Å². The van der Waals surface area contributed by atoms with Crippen molar-refractivity contribution >= 4 is 11.9 Å². The van der Waals surface area contributed by atoms with Gasteiger partial charge in [-0.2, -0.15) is 0 Å². The van der Waals surface area contributed by atoms with Crippen molar-refractivity contribution in [2.45, 2.75) is 90.1 Å². The number of rotatable bonds is 16. The van der Waals surface area contributed by atoms with Crippen LogP contribution in [0.1, 0.15) is 83.1 Å². The molecule has 1 amide bonds. The van der Waals surface area contributed by atoms with E-state index in [2.05, 4.69) is 29.6 Å². The zero-order valence-corrected chi connectivity index (χ0v) is 20.3. The average molecular weight is 458 g/mol. The zero-order chi connectivity index (χ0) is 23.7. The van der Waals surface area contributed by atoms with Gasteiger partial charge in [0.05, 0.1) is 13.0 Å². The van der Waals surface area contributed by atoms with Gasteiger partial charge in [0.2, 0.25) is 5.91 Å². The predicted octanol–water partition coefficient (Wildman–Crippen LogP) is 5.36. The number of allylic oxidation sites excluding steroid dienone is 2. The number of unbranched alkanes of at least 4 members (excludes halogenated alkanes) is 1. The number of carbonyl (C=O) groups is 2. The van der Waals surface area contributed by atoms with Gasteiger partial charge in [0.25, 0.3) is 0 Å². The minimum Gasteiger partial charge on any atom is -0.462 e. The van der Waals surface area contributed by atoms with Crippen LogP contribution in [0.15, 0.2) is 42.5 Å². The van der Waals surface area contributed by atoms with Crippen molar-refractivity contribution in [3.8, 4) is 0 Å². The van der Waals surface area contributed by atoms with Crippen LogP contribution in [0, 0.1) is 11.8 Å². The number of carbonyl (C=O) groups excluding carboxylic acids is 2. The molecule has 5 nitrogen and oxygen atoms in total. The summed E-state index contributed by atoms with van der Waals surface area (Å²) in [5.41, 5.74) is 1.26. The molecule has 0 spiro atoms. The molecular formula is C28H43NO4. The lowest BCUT2D eigenvalue weighted by Gasteiger charge is -2.23. The molecular weight excluding hydrogens is 414 g/mol. The van der Waals surface area contributed by atoms with Gasteiger partial charge in [-0.25, -0.2) is 0 Å². The van der Waals surface area contributed by atoms with Crippen LogP contribution >= 0.6 is 0 Å². The quantitative estimate of drug-likeness (QED) is 0.199. The molecule has 5 heteroatoms. The summed E-state index contributed by atoms with van der Waals surface area (Å²) in [5.74, 6) is 1.23. The zero-order valence-electron chi connectivity index (χ0n) is 20.3. The van der Waals surface area contributed by atoms with Crippen molar-refractivity contribution in [3.63, 3.8) is 0 Å². The fourth-order valence-electron chi connectivity index (χ4n) is 4.83. The van der Waals surface area contributed by atoms with Gasteiger partial charge in [-0.1, -0.05) is 55.3 Å². The van der Waals surface area contributed by atoms with E-state index in [0.717, 1.165) is 44.9 Å². The Morgan fingerprint density at radius 1 is 1.12 bits per heavy atom. The first-order valence-corrected chi connectivity index (χ1v) is 12.9. The van der Waals surface area contributed by atoms with Gasteiger partial charge >= 0.3 is 5.97 Å². The lowest BCUT2D eigenvalue weighted by Crippen LogP contribution is -2.21. The molecule has 2 rings (SSSR count). The molecule has 0 radical (unpaired) electrons. The second-order valence-corrected chi connectivity index (χ2v) is 9.19. The number of amides is 1. The number of benzene rings is 1. The van der Waals surface area contributed by atoms with Gasteiger partial charge in [-0.3, -0.25) is 9.59 Å². The van der Waals surface area contributed by atoms with Crippen molar-refractivity contribution in [2.75, 3.05) is 13.2 Å². The Labute approximate surface area is 200 Å². The highest BCUT2D eigenvalue weighted by atomic mass is 16.5. The SMILES string of the molecule is CCNC(=O)CCC/C=C\C[C@H]1CCC[C@@H]1CC[C@H](CCc1ccccc1)OC(=O)CCO. The normalized spacial score (nSPS) is 19.0. The summed E-state index contributed by atoms with van der Waals surface area (Å²) in [4.78, 5) is 23.5. The summed E-state index contributed by atoms with van der Waals surface area (Å²) in [5, 5.41) is 11.9. The van der Waals surface area contributed by atoms with Crippen molar-refractivity contribution in [1.82, 2.24) is 5.32 Å². The number of aliphatic hydroxyl groups is 1. The number of ether oxygens (including phenoxy) is 1. The van der Waals surface area contributed by atoms with Crippen molar-refractivity contribution in [1.29, 1.82) is 0 Å². The number of hydrogen-bond acceptors (Lipinski definition) is 4. The second kappa shape index (κ2) is 16.5. The summed E-state index contributed by atoms with van der Waals surface area (Å²) < 4.78 is 5.72. The van der Waals surface area contributed by atoms with Crippen molar-refractivity contribution in [2.24, 2.45) is 11.8 Å². The van der Waals surface area contributed by atoms with E-state index < -0.39 is 0 Å². The van der Waals surface area contributed by atoms with Crippen LogP contribution < -0.4 is 5.32 Å². The molecule has 0 saturated heterocycles. The molecule has 1 fully saturated rings. The van der Waals surface area contributed by atoms with Gasteiger partial charge in [-0.05, 0) is 75.7 Å². The molecule has 1 aliphatic rings. The summed E-state index contributed by atoms with van der Waals surface area (Å²) in [6.07, 6.45) is 15.6. The average Bonchev–Trinajstić information content (AvgIpc) is 3.26. The van der Waals surface area contributed by atoms with Gasteiger partial charge in [0.15, 0.2) is 0 Å². The molecule has 1 saturated carbocycles. The lowest BCUT2D eigenvalue weighted by atomic mass is 9.87. The summed E-state index contributed by atoms with van der Waals surface area (Å²) in [6.45, 7) is 2.48. The maximum Gasteiger partial charge on any atom is 0.308 e. The number of aryl methyl sites for hydroxylation is 1. The number of aliphatic hydroxyl groups excluding tert-OH is 1. The van der Waals surface area contributed by atoms with Gasteiger partial charge in [0, 0.05) is 13.0 Å². The Morgan fingerprint density at radius 2 is 1.91 bits per heavy atom. The highest BCUT2D eigenvalue weighted by molar-refractivity contribution is 5.75. The molecule has 0 heterocycles. The maximum absolute atomic E-state index is 12.0. The summed E-state index contributed by atoms with van der Waals surface area (Å²) >= 11 is 0. The summed E-state index contributed by atoms with van der Waals surface area (Å²) in [7, 11) is 0. The first kappa shape index (κ1) is 27.1. The van der Waals surface area contributed by atoms with Crippen LogP contribution in [0.2, 0.25) is 0 Å². The monoisotopic (exact) mass is 457 g/mol. The minimum absolute atomic E-state index is 0.0682. The fourth-order valence-corrected chi connectivity index (χ4v) is 4.83. The Kier molecular flexibility index (Phi) is 13.5. The van der Waals surface area contributed by atoms with E-state index in [1.807, 2.05) is 25.1 Å². The van der Waals surface area contributed by atoms with E-state index in [0.29, 0.717) is 24.8 Å². The summed E-state index contributed by atoms with van der Waals surface area (Å²) in [6, 6.07) is 10.3. The molecule has 0 bridgehead atoms. The lowest BCUT2D eigenvalue weighted by molar-refractivity contribution is -0.150. The maximum atomic E-state index is 12.0. The van der Waals surface area contributed by atoms with E-state index in [1.54, 1.807) is 0 Å². The van der Waals surface area contributed by atoms with Crippen LogP contribution in [0.25, 0.3) is 0 Å². The van der Waals surface area contributed by atoms with Crippen LogP contribution in [0.3, 0.4) is 0 Å². The molecule has 1 aromatic rings. The van der Waals surface area contributed by atoms with Crippen LogP contribution in [-0.2, 0) is 20.7 Å². The second-order valence-electron chi connectivity index (χ2n) is 9.19. The van der Waals surface area contributed by atoms with Gasteiger partial charge in [-0.15, -0.1) is 0 Å².